The van der Waals surface area contributed by atoms with Crippen LogP contribution in [0.5, 0.6) is 0 Å². The number of benzene rings is 1. The third-order valence-electron chi connectivity index (χ3n) is 5.85. The fourth-order valence-electron chi connectivity index (χ4n) is 4.13. The Bertz CT molecular complexity index is 1220. The standard InChI is InChI=1S/C25H30F2N6O2/c1-25(2,3)35-24(34)31-17-7-5-16(6-8-17)30-23-29-13-21-22(33-23)15(12-26)11-20(32-21)14-4-9-19(28)18(27)10-14/h4,9-11,13,16-17H,5-8,12,28H2,1-3H3,(H,31,34)(H,29,30,33). The van der Waals surface area contributed by atoms with Gasteiger partial charge in [0.05, 0.1) is 17.6 Å². The average molecular weight is 485 g/mol. The highest BCUT2D eigenvalue weighted by molar-refractivity contribution is 5.82. The highest BCUT2D eigenvalue weighted by atomic mass is 19.1. The van der Waals surface area contributed by atoms with E-state index in [-0.39, 0.29) is 17.8 Å². The van der Waals surface area contributed by atoms with Crippen LogP contribution in [-0.2, 0) is 11.4 Å². The zero-order valence-corrected chi connectivity index (χ0v) is 20.1. The molecule has 1 aliphatic rings. The van der Waals surface area contributed by atoms with Crippen molar-refractivity contribution in [1.82, 2.24) is 20.3 Å². The number of hydrogen-bond donors (Lipinski definition) is 3. The smallest absolute Gasteiger partial charge is 0.407 e. The van der Waals surface area contributed by atoms with Gasteiger partial charge in [-0.2, -0.15) is 0 Å². The van der Waals surface area contributed by atoms with Crippen LogP contribution >= 0.6 is 0 Å². The summed E-state index contributed by atoms with van der Waals surface area (Å²) >= 11 is 0. The number of ether oxygens (including phenoxy) is 1. The Kier molecular flexibility index (Phi) is 7.00. The zero-order chi connectivity index (χ0) is 25.2. The second-order valence-corrected chi connectivity index (χ2v) is 9.80. The summed E-state index contributed by atoms with van der Waals surface area (Å²) in [5.74, 6) is -0.165. The summed E-state index contributed by atoms with van der Waals surface area (Å²) in [6.07, 6.45) is 4.36. The number of pyridine rings is 1. The SMILES string of the molecule is CC(C)(C)OC(=O)NC1CCC(Nc2ncc3nc(-c4ccc(N)c(F)c4)cc(CF)c3n2)CC1. The van der Waals surface area contributed by atoms with Crippen molar-refractivity contribution >= 4 is 28.8 Å². The van der Waals surface area contributed by atoms with E-state index in [2.05, 4.69) is 25.6 Å². The Morgan fingerprint density at radius 3 is 2.51 bits per heavy atom. The molecule has 3 aromatic rings. The molecule has 0 unspecified atom stereocenters. The molecular weight excluding hydrogens is 454 g/mol. The molecule has 1 fully saturated rings. The zero-order valence-electron chi connectivity index (χ0n) is 20.1. The normalized spacial score (nSPS) is 18.3. The fourth-order valence-corrected chi connectivity index (χ4v) is 4.13. The summed E-state index contributed by atoms with van der Waals surface area (Å²) in [4.78, 5) is 25.4. The first-order chi connectivity index (χ1) is 16.6. The van der Waals surface area contributed by atoms with Crippen LogP contribution < -0.4 is 16.4 Å². The van der Waals surface area contributed by atoms with Gasteiger partial charge in [0.25, 0.3) is 0 Å². The van der Waals surface area contributed by atoms with Crippen LogP contribution in [0.4, 0.5) is 25.2 Å². The molecule has 0 radical (unpaired) electrons. The lowest BCUT2D eigenvalue weighted by molar-refractivity contribution is 0.0492. The first kappa shape index (κ1) is 24.6. The Morgan fingerprint density at radius 2 is 1.86 bits per heavy atom. The Hall–Kier alpha value is -3.56. The molecule has 186 valence electrons. The van der Waals surface area contributed by atoms with E-state index < -0.39 is 24.2 Å². The monoisotopic (exact) mass is 484 g/mol. The summed E-state index contributed by atoms with van der Waals surface area (Å²) < 4.78 is 33.1. The van der Waals surface area contributed by atoms with Crippen LogP contribution in [0.3, 0.4) is 0 Å². The lowest BCUT2D eigenvalue weighted by atomic mass is 9.91. The molecule has 0 aliphatic heterocycles. The van der Waals surface area contributed by atoms with Crippen LogP contribution in [0, 0.1) is 5.82 Å². The number of nitrogens with one attached hydrogen (secondary N) is 2. The molecule has 8 nitrogen and oxygen atoms in total. The van der Waals surface area contributed by atoms with Crippen LogP contribution in [0.25, 0.3) is 22.3 Å². The highest BCUT2D eigenvalue weighted by Gasteiger charge is 2.25. The molecule has 0 bridgehead atoms. The fraction of sp³-hybridized carbons (Fsp3) is 0.440. The van der Waals surface area contributed by atoms with Crippen LogP contribution in [0.1, 0.15) is 52.0 Å². The largest absolute Gasteiger partial charge is 0.444 e. The van der Waals surface area contributed by atoms with Crippen molar-refractivity contribution in [3.05, 3.63) is 41.8 Å². The minimum absolute atomic E-state index is 0.0361. The van der Waals surface area contributed by atoms with Gasteiger partial charge in [-0.15, -0.1) is 0 Å². The molecule has 1 aromatic carbocycles. The summed E-state index contributed by atoms with van der Waals surface area (Å²) in [5, 5.41) is 6.24. The molecule has 0 saturated heterocycles. The van der Waals surface area contributed by atoms with E-state index in [0.717, 1.165) is 25.7 Å². The maximum absolute atomic E-state index is 13.9. The molecule has 1 saturated carbocycles. The van der Waals surface area contributed by atoms with Crippen molar-refractivity contribution in [3.63, 3.8) is 0 Å². The number of carbonyl (C=O) groups is 1. The van der Waals surface area contributed by atoms with Crippen molar-refractivity contribution in [3.8, 4) is 11.3 Å². The van der Waals surface area contributed by atoms with E-state index in [1.165, 1.54) is 18.3 Å². The van der Waals surface area contributed by atoms with Crippen molar-refractivity contribution < 1.29 is 18.3 Å². The number of nitrogens with two attached hydrogens (primary N) is 1. The quantitative estimate of drug-likeness (QED) is 0.430. The summed E-state index contributed by atoms with van der Waals surface area (Å²) in [5.41, 5.74) is 7.14. The lowest BCUT2D eigenvalue weighted by Gasteiger charge is -2.30. The maximum Gasteiger partial charge on any atom is 0.407 e. The van der Waals surface area contributed by atoms with Gasteiger partial charge < -0.3 is 21.1 Å². The number of alkyl halides is 1. The molecule has 10 heteroatoms. The average Bonchev–Trinajstić information content (AvgIpc) is 2.80. The van der Waals surface area contributed by atoms with E-state index in [4.69, 9.17) is 10.5 Å². The number of nitrogens with zero attached hydrogens (tertiary/aromatic N) is 3. The second kappa shape index (κ2) is 9.97. The van der Waals surface area contributed by atoms with Crippen LogP contribution in [-0.4, -0.2) is 38.7 Å². The van der Waals surface area contributed by atoms with Crippen LogP contribution in [0.2, 0.25) is 0 Å². The molecule has 0 spiro atoms. The first-order valence-electron chi connectivity index (χ1n) is 11.7. The van der Waals surface area contributed by atoms with Crippen molar-refractivity contribution in [2.24, 2.45) is 0 Å². The number of rotatable bonds is 5. The molecular formula is C25H30F2N6O2. The van der Waals surface area contributed by atoms with Gasteiger partial charge in [-0.25, -0.2) is 28.5 Å². The van der Waals surface area contributed by atoms with Gasteiger partial charge in [0.1, 0.15) is 29.1 Å². The number of alkyl carbamates (subject to hydrolysis) is 1. The second-order valence-electron chi connectivity index (χ2n) is 9.80. The molecule has 4 N–H and O–H groups in total. The van der Waals surface area contributed by atoms with Gasteiger partial charge in [-0.3, -0.25) is 0 Å². The number of aromatic nitrogens is 3. The number of hydrogen-bond acceptors (Lipinski definition) is 7. The van der Waals surface area contributed by atoms with Gasteiger partial charge in [0.15, 0.2) is 0 Å². The number of amides is 1. The van der Waals surface area contributed by atoms with E-state index >= 15 is 0 Å². The van der Waals surface area contributed by atoms with Gasteiger partial charge in [0, 0.05) is 23.2 Å². The lowest BCUT2D eigenvalue weighted by Crippen LogP contribution is -2.42. The van der Waals surface area contributed by atoms with E-state index in [9.17, 15) is 13.6 Å². The Morgan fingerprint density at radius 1 is 1.14 bits per heavy atom. The number of halogens is 2. The van der Waals surface area contributed by atoms with E-state index in [1.54, 1.807) is 12.1 Å². The molecule has 1 amide bonds. The van der Waals surface area contributed by atoms with Crippen molar-refractivity contribution in [1.29, 1.82) is 0 Å². The molecule has 4 rings (SSSR count). The molecule has 2 heterocycles. The van der Waals surface area contributed by atoms with Gasteiger partial charge in [0.2, 0.25) is 5.95 Å². The van der Waals surface area contributed by atoms with Crippen molar-refractivity contribution in [2.45, 2.75) is 70.8 Å². The molecule has 1 aliphatic carbocycles. The molecule has 2 aromatic heterocycles. The van der Waals surface area contributed by atoms with Crippen molar-refractivity contribution in [2.75, 3.05) is 11.1 Å². The number of carbonyl (C=O) groups excluding carboxylic acids is 1. The predicted molar refractivity (Wildman–Crippen MR) is 131 cm³/mol. The van der Waals surface area contributed by atoms with Gasteiger partial charge in [-0.05, 0) is 64.7 Å². The number of nitrogen functional groups attached to an aromatic ring is 1. The van der Waals surface area contributed by atoms with E-state index in [0.29, 0.717) is 33.8 Å². The Labute approximate surface area is 202 Å². The highest BCUT2D eigenvalue weighted by Crippen LogP contribution is 2.28. The minimum Gasteiger partial charge on any atom is -0.444 e. The number of fused-ring (bicyclic) bond motifs is 1. The third kappa shape index (κ3) is 6.12. The maximum atomic E-state index is 13.9. The minimum atomic E-state index is -0.749. The van der Waals surface area contributed by atoms with E-state index in [1.807, 2.05) is 20.8 Å². The summed E-state index contributed by atoms with van der Waals surface area (Å²) in [7, 11) is 0. The molecule has 0 atom stereocenters. The number of anilines is 2. The van der Waals surface area contributed by atoms with Crippen LogP contribution in [0.15, 0.2) is 30.5 Å². The van der Waals surface area contributed by atoms with Gasteiger partial charge >= 0.3 is 6.09 Å². The molecule has 35 heavy (non-hydrogen) atoms. The first-order valence-corrected chi connectivity index (χ1v) is 11.7. The summed E-state index contributed by atoms with van der Waals surface area (Å²) in [6, 6.07) is 6.11. The topological polar surface area (TPSA) is 115 Å². The third-order valence-corrected chi connectivity index (χ3v) is 5.85. The Balaban J connectivity index is 1.44. The predicted octanol–water partition coefficient (Wildman–Crippen LogP) is 5.13. The summed E-state index contributed by atoms with van der Waals surface area (Å²) in [6.45, 7) is 4.75. The van der Waals surface area contributed by atoms with Gasteiger partial charge in [-0.1, -0.05) is 6.07 Å².